The summed E-state index contributed by atoms with van der Waals surface area (Å²) < 4.78 is 58.7. The maximum Gasteiger partial charge on any atom is 0.305 e. The van der Waals surface area contributed by atoms with Crippen LogP contribution in [-0.2, 0) is 16.0 Å². The normalized spacial score (nSPS) is 13.0. The first-order valence-corrected chi connectivity index (χ1v) is 14.8. The van der Waals surface area contributed by atoms with Gasteiger partial charge in [0.1, 0.15) is 17.7 Å². The van der Waals surface area contributed by atoms with Gasteiger partial charge in [0.25, 0.3) is 12.0 Å². The monoisotopic (exact) mass is 631 g/mol. The molecule has 2 N–H and O–H groups in total. The molecule has 2 atom stereocenters. The van der Waals surface area contributed by atoms with E-state index < -0.39 is 59.6 Å². The summed E-state index contributed by atoms with van der Waals surface area (Å²) in [4.78, 5) is 41.0. The van der Waals surface area contributed by atoms with Crippen LogP contribution in [0.15, 0.2) is 41.3 Å². The van der Waals surface area contributed by atoms with Gasteiger partial charge in [-0.3, -0.25) is 14.4 Å². The lowest BCUT2D eigenvalue weighted by Crippen LogP contribution is -2.41. The Morgan fingerprint density at radius 2 is 1.58 bits per heavy atom. The summed E-state index contributed by atoms with van der Waals surface area (Å²) in [6, 6.07) is 4.18. The number of benzene rings is 2. The van der Waals surface area contributed by atoms with Crippen molar-refractivity contribution >= 4 is 11.9 Å². The van der Waals surface area contributed by atoms with Crippen molar-refractivity contribution in [2.75, 3.05) is 20.6 Å². The molecular formula is C34H41F4N3O4. The van der Waals surface area contributed by atoms with Gasteiger partial charge in [-0.05, 0) is 117 Å². The summed E-state index contributed by atoms with van der Waals surface area (Å²) in [6.07, 6.45) is -1.97. The van der Waals surface area contributed by atoms with Crippen molar-refractivity contribution in [1.29, 1.82) is 0 Å². The fourth-order valence-corrected chi connectivity index (χ4v) is 5.60. The Morgan fingerprint density at radius 1 is 0.956 bits per heavy atom. The minimum atomic E-state index is -3.08. The molecule has 0 bridgehead atoms. The largest absolute Gasteiger partial charge is 0.481 e. The van der Waals surface area contributed by atoms with Crippen LogP contribution in [0.1, 0.15) is 78.6 Å². The maximum absolute atomic E-state index is 15.7. The number of alkyl halides is 2. The van der Waals surface area contributed by atoms with E-state index in [-0.39, 0.29) is 23.5 Å². The summed E-state index contributed by atoms with van der Waals surface area (Å²) >= 11 is 0. The molecule has 0 radical (unpaired) electrons. The van der Waals surface area contributed by atoms with Crippen LogP contribution in [0.3, 0.4) is 0 Å². The fraction of sp³-hybridized carbons (Fsp3) is 0.441. The van der Waals surface area contributed by atoms with Crippen molar-refractivity contribution in [2.45, 2.75) is 72.4 Å². The van der Waals surface area contributed by atoms with Gasteiger partial charge in [-0.2, -0.15) is 0 Å². The first-order valence-electron chi connectivity index (χ1n) is 14.8. The van der Waals surface area contributed by atoms with E-state index in [2.05, 4.69) is 5.32 Å². The summed E-state index contributed by atoms with van der Waals surface area (Å²) in [7, 11) is 3.63. The van der Waals surface area contributed by atoms with E-state index in [0.29, 0.717) is 40.8 Å². The Balaban J connectivity index is 2.15. The van der Waals surface area contributed by atoms with Crippen LogP contribution in [0, 0.1) is 38.3 Å². The standard InChI is InChI=1S/C34H41F4N3O4/c1-18(2)10-28(41-17-22(8-9-40(6)7)14-26(32(37)38)34(41)45)33(44)39-27(16-29(42)43)25-15-23(11-21(5)31(25)36)30-19(3)12-24(35)13-20(30)4/h11-15,17-18,27-28,32H,8-10,16H2,1-7H3,(H,39,44)(H,42,43)/t27-,28?/m0/s1. The molecular weight excluding hydrogens is 590 g/mol. The van der Waals surface area contributed by atoms with Gasteiger partial charge in [0, 0.05) is 18.3 Å². The number of aliphatic carboxylic acids is 1. The number of carbonyl (C=O) groups is 2. The van der Waals surface area contributed by atoms with Crippen molar-refractivity contribution in [3.8, 4) is 11.1 Å². The molecule has 3 aromatic rings. The summed E-state index contributed by atoms with van der Waals surface area (Å²) in [5.74, 6) is -3.46. The Labute approximate surface area is 260 Å². The minimum absolute atomic E-state index is 0.0703. The molecule has 0 aliphatic rings. The van der Waals surface area contributed by atoms with E-state index in [0.717, 1.165) is 10.6 Å². The molecule has 1 unspecified atom stereocenters. The quantitative estimate of drug-likeness (QED) is 0.206. The molecule has 7 nitrogen and oxygen atoms in total. The number of carbonyl (C=O) groups excluding carboxylic acids is 1. The number of hydrogen-bond acceptors (Lipinski definition) is 4. The molecule has 45 heavy (non-hydrogen) atoms. The highest BCUT2D eigenvalue weighted by Crippen LogP contribution is 2.34. The number of halogens is 4. The molecule has 0 saturated heterocycles. The minimum Gasteiger partial charge on any atom is -0.481 e. The van der Waals surface area contributed by atoms with Gasteiger partial charge in [-0.15, -0.1) is 0 Å². The first kappa shape index (κ1) is 35.5. The lowest BCUT2D eigenvalue weighted by molar-refractivity contribution is -0.138. The Morgan fingerprint density at radius 3 is 2.11 bits per heavy atom. The van der Waals surface area contributed by atoms with E-state index in [9.17, 15) is 32.7 Å². The number of pyridine rings is 1. The second-order valence-electron chi connectivity index (χ2n) is 12.3. The predicted molar refractivity (Wildman–Crippen MR) is 166 cm³/mol. The molecule has 0 fully saturated rings. The Bertz CT molecular complexity index is 1590. The number of nitrogens with zero attached hydrogens (tertiary/aromatic N) is 2. The van der Waals surface area contributed by atoms with E-state index >= 15 is 4.39 Å². The lowest BCUT2D eigenvalue weighted by Gasteiger charge is -2.27. The second kappa shape index (κ2) is 14.9. The van der Waals surface area contributed by atoms with Crippen LogP contribution < -0.4 is 10.9 Å². The molecule has 0 spiro atoms. The Hall–Kier alpha value is -3.99. The molecule has 1 heterocycles. The zero-order valence-electron chi connectivity index (χ0n) is 26.7. The highest BCUT2D eigenvalue weighted by Gasteiger charge is 2.30. The highest BCUT2D eigenvalue weighted by molar-refractivity contribution is 5.82. The summed E-state index contributed by atoms with van der Waals surface area (Å²) in [5.41, 5.74) is 1.06. The number of aryl methyl sites for hydroxylation is 3. The van der Waals surface area contributed by atoms with Crippen LogP contribution in [0.2, 0.25) is 0 Å². The van der Waals surface area contributed by atoms with Gasteiger partial charge in [-0.1, -0.05) is 13.8 Å². The average molecular weight is 632 g/mol. The maximum atomic E-state index is 15.7. The average Bonchev–Trinajstić information content (AvgIpc) is 2.91. The molecule has 0 aliphatic carbocycles. The topological polar surface area (TPSA) is 91.6 Å². The zero-order chi connectivity index (χ0) is 33.7. The van der Waals surface area contributed by atoms with E-state index in [1.165, 1.54) is 31.3 Å². The number of aromatic nitrogens is 1. The zero-order valence-corrected chi connectivity index (χ0v) is 26.7. The number of nitrogens with one attached hydrogen (secondary N) is 1. The summed E-state index contributed by atoms with van der Waals surface area (Å²) in [5, 5.41) is 12.4. The molecule has 1 amide bonds. The number of carboxylic acid groups (broad SMARTS) is 1. The van der Waals surface area contributed by atoms with Gasteiger partial charge >= 0.3 is 5.97 Å². The van der Waals surface area contributed by atoms with Crippen LogP contribution >= 0.6 is 0 Å². The van der Waals surface area contributed by atoms with Gasteiger partial charge in [0.2, 0.25) is 5.91 Å². The molecule has 1 aromatic heterocycles. The number of carboxylic acids is 1. The Kier molecular flexibility index (Phi) is 11.7. The lowest BCUT2D eigenvalue weighted by atomic mass is 9.90. The van der Waals surface area contributed by atoms with Crippen LogP contribution in [-0.4, -0.2) is 47.1 Å². The van der Waals surface area contributed by atoms with Gasteiger partial charge < -0.3 is 19.9 Å². The van der Waals surface area contributed by atoms with Gasteiger partial charge in [-0.25, -0.2) is 17.6 Å². The predicted octanol–water partition coefficient (Wildman–Crippen LogP) is 6.68. The molecule has 0 saturated carbocycles. The molecule has 244 valence electrons. The molecule has 2 aromatic carbocycles. The van der Waals surface area contributed by atoms with Crippen molar-refractivity contribution in [3.63, 3.8) is 0 Å². The summed E-state index contributed by atoms with van der Waals surface area (Å²) in [6.45, 7) is 9.00. The van der Waals surface area contributed by atoms with Crippen molar-refractivity contribution in [1.82, 2.24) is 14.8 Å². The number of amides is 1. The van der Waals surface area contributed by atoms with Crippen LogP contribution in [0.4, 0.5) is 17.6 Å². The van der Waals surface area contributed by atoms with E-state index in [1.807, 2.05) is 19.0 Å². The van der Waals surface area contributed by atoms with Crippen molar-refractivity contribution in [3.05, 3.63) is 91.9 Å². The number of hydrogen-bond donors (Lipinski definition) is 2. The van der Waals surface area contributed by atoms with Crippen molar-refractivity contribution < 1.29 is 32.3 Å². The third-order valence-electron chi connectivity index (χ3n) is 7.68. The highest BCUT2D eigenvalue weighted by atomic mass is 19.3. The molecule has 0 aliphatic heterocycles. The number of likely N-dealkylation sites (N-methyl/N-ethyl adjacent to an activating group) is 1. The smallest absolute Gasteiger partial charge is 0.305 e. The first-order chi connectivity index (χ1) is 21.0. The third kappa shape index (κ3) is 8.81. The van der Waals surface area contributed by atoms with Gasteiger partial charge in [0.05, 0.1) is 18.0 Å². The third-order valence-corrected chi connectivity index (χ3v) is 7.68. The van der Waals surface area contributed by atoms with E-state index in [1.54, 1.807) is 33.8 Å². The second-order valence-corrected chi connectivity index (χ2v) is 12.3. The van der Waals surface area contributed by atoms with Crippen LogP contribution in [0.5, 0.6) is 0 Å². The van der Waals surface area contributed by atoms with E-state index in [4.69, 9.17) is 0 Å². The van der Waals surface area contributed by atoms with Gasteiger partial charge in [0.15, 0.2) is 0 Å². The van der Waals surface area contributed by atoms with Crippen molar-refractivity contribution in [2.24, 2.45) is 5.92 Å². The molecule has 11 heteroatoms. The molecule has 3 rings (SSSR count). The van der Waals surface area contributed by atoms with Crippen LogP contribution in [0.25, 0.3) is 11.1 Å². The SMILES string of the molecule is Cc1cc(-c2c(C)cc(F)cc2C)cc([C@H](CC(=O)O)NC(=O)C(CC(C)C)n2cc(CCN(C)C)cc(C(F)F)c2=O)c1F. The fourth-order valence-electron chi connectivity index (χ4n) is 5.60. The number of rotatable bonds is 13.